The minimum absolute atomic E-state index is 0.304. The van der Waals surface area contributed by atoms with Gasteiger partial charge in [0, 0.05) is 23.3 Å². The largest absolute Gasteiger partial charge is 0.392 e. The van der Waals surface area contributed by atoms with Crippen LogP contribution in [0.2, 0.25) is 0 Å². The van der Waals surface area contributed by atoms with Crippen LogP contribution in [0.25, 0.3) is 0 Å². The Bertz CT molecular complexity index is 857. The molecular weight excluding hydrogens is 353 g/mol. The summed E-state index contributed by atoms with van der Waals surface area (Å²) in [5, 5.41) is 16.0. The molecular formula is C19H22FN3O4. The second-order valence-electron chi connectivity index (χ2n) is 7.67. The summed E-state index contributed by atoms with van der Waals surface area (Å²) in [4.78, 5) is 40.6. The molecule has 1 spiro atoms. The van der Waals surface area contributed by atoms with E-state index in [1.165, 1.54) is 30.0 Å². The molecule has 7 nitrogen and oxygen atoms in total. The number of rotatable bonds is 3. The Morgan fingerprint density at radius 1 is 1.26 bits per heavy atom. The number of carbonyl (C=O) groups excluding carboxylic acids is 3. The Hall–Kier alpha value is -2.32. The monoisotopic (exact) mass is 375 g/mol. The second kappa shape index (κ2) is 5.84. The topological polar surface area (TPSA) is 98.7 Å². The quantitative estimate of drug-likeness (QED) is 0.677. The summed E-state index contributed by atoms with van der Waals surface area (Å²) in [6.07, 6.45) is -0.399. The zero-order chi connectivity index (χ0) is 19.7. The molecule has 144 valence electrons. The molecule has 0 saturated carbocycles. The highest BCUT2D eigenvalue weighted by Crippen LogP contribution is 2.53. The smallest absolute Gasteiger partial charge is 0.250 e. The third kappa shape index (κ3) is 2.17. The molecule has 2 fully saturated rings. The number of anilines is 1. The molecule has 3 aliphatic rings. The van der Waals surface area contributed by atoms with Crippen molar-refractivity contribution in [2.24, 2.45) is 11.8 Å². The summed E-state index contributed by atoms with van der Waals surface area (Å²) in [5.41, 5.74) is -0.863. The van der Waals surface area contributed by atoms with Gasteiger partial charge in [-0.2, -0.15) is 0 Å². The molecule has 0 radical (unpaired) electrons. The van der Waals surface area contributed by atoms with Gasteiger partial charge < -0.3 is 10.4 Å². The number of aliphatic hydroxyl groups is 1. The maximum atomic E-state index is 14.0. The molecule has 27 heavy (non-hydrogen) atoms. The SMILES string of the molecule is CC[C@H](C)N1C(=O)[C@@H]2[C@@H]([C@@H](C)O)N[C@@]3(C(=O)Nc4ccc(F)cc43)[C@@H]2C1=O. The van der Waals surface area contributed by atoms with E-state index in [2.05, 4.69) is 10.6 Å². The van der Waals surface area contributed by atoms with Crippen LogP contribution in [0.1, 0.15) is 32.8 Å². The Morgan fingerprint density at radius 3 is 2.59 bits per heavy atom. The molecule has 1 aromatic carbocycles. The average molecular weight is 375 g/mol. The van der Waals surface area contributed by atoms with Crippen LogP contribution in [0.15, 0.2) is 18.2 Å². The van der Waals surface area contributed by atoms with E-state index in [1.54, 1.807) is 6.92 Å². The van der Waals surface area contributed by atoms with Gasteiger partial charge in [0.15, 0.2) is 0 Å². The van der Waals surface area contributed by atoms with Gasteiger partial charge >= 0.3 is 0 Å². The van der Waals surface area contributed by atoms with Crippen molar-refractivity contribution in [1.29, 1.82) is 0 Å². The average Bonchev–Trinajstić information content (AvgIpc) is 3.20. The zero-order valence-electron chi connectivity index (χ0n) is 15.3. The summed E-state index contributed by atoms with van der Waals surface area (Å²) in [6, 6.07) is 2.77. The van der Waals surface area contributed by atoms with Crippen LogP contribution in [0.3, 0.4) is 0 Å². The second-order valence-corrected chi connectivity index (χ2v) is 7.67. The van der Waals surface area contributed by atoms with Crippen molar-refractivity contribution in [2.45, 2.75) is 50.9 Å². The number of likely N-dealkylation sites (tertiary alicyclic amines) is 1. The number of fused-ring (bicyclic) bond motifs is 4. The number of benzene rings is 1. The van der Waals surface area contributed by atoms with Crippen LogP contribution in [0, 0.1) is 17.7 Å². The molecule has 1 aromatic rings. The maximum absolute atomic E-state index is 14.0. The molecule has 3 heterocycles. The van der Waals surface area contributed by atoms with Crippen molar-refractivity contribution >= 4 is 23.4 Å². The first-order valence-electron chi connectivity index (χ1n) is 9.18. The van der Waals surface area contributed by atoms with E-state index in [0.717, 1.165) is 0 Å². The van der Waals surface area contributed by atoms with Crippen molar-refractivity contribution in [3.05, 3.63) is 29.6 Å². The summed E-state index contributed by atoms with van der Waals surface area (Å²) >= 11 is 0. The number of carbonyl (C=O) groups is 3. The predicted octanol–water partition coefficient (Wildman–Crippen LogP) is 0.725. The lowest BCUT2D eigenvalue weighted by Gasteiger charge is -2.31. The van der Waals surface area contributed by atoms with Gasteiger partial charge in [0.1, 0.15) is 11.4 Å². The van der Waals surface area contributed by atoms with Crippen molar-refractivity contribution in [2.75, 3.05) is 5.32 Å². The molecule has 0 aromatic heterocycles. The highest BCUT2D eigenvalue weighted by atomic mass is 19.1. The van der Waals surface area contributed by atoms with Gasteiger partial charge in [-0.05, 0) is 38.5 Å². The third-order valence-corrected chi connectivity index (χ3v) is 6.20. The number of imide groups is 1. The van der Waals surface area contributed by atoms with Crippen LogP contribution >= 0.6 is 0 Å². The molecule has 3 amide bonds. The lowest BCUT2D eigenvalue weighted by molar-refractivity contribution is -0.145. The van der Waals surface area contributed by atoms with Crippen LogP contribution in [-0.4, -0.2) is 45.9 Å². The summed E-state index contributed by atoms with van der Waals surface area (Å²) < 4.78 is 14.0. The number of halogens is 1. The first-order valence-corrected chi connectivity index (χ1v) is 9.18. The Kier molecular flexibility index (Phi) is 3.91. The van der Waals surface area contributed by atoms with Gasteiger partial charge in [-0.15, -0.1) is 0 Å². The molecule has 8 heteroatoms. The van der Waals surface area contributed by atoms with E-state index in [9.17, 15) is 23.9 Å². The molecule has 6 atom stereocenters. The number of aliphatic hydroxyl groups excluding tert-OH is 1. The van der Waals surface area contributed by atoms with Crippen molar-refractivity contribution < 1.29 is 23.9 Å². The Balaban J connectivity index is 1.92. The standard InChI is InChI=1S/C19H22FN3O4/c1-4-8(2)23-16(25)13-14(17(23)26)19(22-15(13)9(3)24)11-7-10(20)5-6-12(11)21-18(19)27/h5-9,13-15,22,24H,4H2,1-3H3,(H,21,27)/t8-,9+,13-,14-,15+,19+/m0/s1. The highest BCUT2D eigenvalue weighted by Gasteiger charge is 2.71. The summed E-state index contributed by atoms with van der Waals surface area (Å²) in [7, 11) is 0. The number of amides is 3. The first-order chi connectivity index (χ1) is 12.7. The molecule has 0 unspecified atom stereocenters. The lowest BCUT2D eigenvalue weighted by Crippen LogP contribution is -2.55. The first kappa shape index (κ1) is 18.1. The van der Waals surface area contributed by atoms with Crippen LogP contribution in [0.4, 0.5) is 10.1 Å². The highest BCUT2D eigenvalue weighted by molar-refractivity contribution is 6.15. The van der Waals surface area contributed by atoms with Crippen LogP contribution in [0.5, 0.6) is 0 Å². The number of nitrogens with one attached hydrogen (secondary N) is 2. The van der Waals surface area contributed by atoms with Gasteiger partial charge in [-0.3, -0.25) is 24.6 Å². The van der Waals surface area contributed by atoms with Crippen molar-refractivity contribution in [3.63, 3.8) is 0 Å². The fourth-order valence-corrected chi connectivity index (χ4v) is 4.76. The van der Waals surface area contributed by atoms with E-state index >= 15 is 0 Å². The Labute approximate surface area is 155 Å². The lowest BCUT2D eigenvalue weighted by atomic mass is 9.76. The summed E-state index contributed by atoms with van der Waals surface area (Å²) in [5.74, 6) is -3.81. The normalized spacial score (nSPS) is 34.0. The minimum Gasteiger partial charge on any atom is -0.392 e. The summed E-state index contributed by atoms with van der Waals surface area (Å²) in [6.45, 7) is 5.15. The van der Waals surface area contributed by atoms with Crippen LogP contribution < -0.4 is 10.6 Å². The predicted molar refractivity (Wildman–Crippen MR) is 93.9 cm³/mol. The number of nitrogens with zero attached hydrogens (tertiary/aromatic N) is 1. The van der Waals surface area contributed by atoms with Gasteiger partial charge in [0.2, 0.25) is 17.7 Å². The number of hydrogen-bond acceptors (Lipinski definition) is 5. The van der Waals surface area contributed by atoms with Crippen molar-refractivity contribution in [3.8, 4) is 0 Å². The van der Waals surface area contributed by atoms with E-state index < -0.39 is 53.1 Å². The number of hydrogen-bond donors (Lipinski definition) is 3. The third-order valence-electron chi connectivity index (χ3n) is 6.20. The maximum Gasteiger partial charge on any atom is 0.250 e. The van der Waals surface area contributed by atoms with E-state index in [0.29, 0.717) is 17.7 Å². The fraction of sp³-hybridized carbons (Fsp3) is 0.526. The van der Waals surface area contributed by atoms with Gasteiger partial charge in [-0.25, -0.2) is 4.39 Å². The molecule has 4 rings (SSSR count). The Morgan fingerprint density at radius 2 is 1.96 bits per heavy atom. The minimum atomic E-state index is -1.57. The molecule has 0 aliphatic carbocycles. The van der Waals surface area contributed by atoms with E-state index in [-0.39, 0.29) is 6.04 Å². The zero-order valence-corrected chi connectivity index (χ0v) is 15.3. The van der Waals surface area contributed by atoms with E-state index in [4.69, 9.17) is 0 Å². The molecule has 0 bridgehead atoms. The molecule has 3 N–H and O–H groups in total. The molecule has 3 aliphatic heterocycles. The van der Waals surface area contributed by atoms with Gasteiger partial charge in [0.25, 0.3) is 0 Å². The van der Waals surface area contributed by atoms with Gasteiger partial charge in [-0.1, -0.05) is 6.92 Å². The van der Waals surface area contributed by atoms with E-state index in [1.807, 2.05) is 6.92 Å². The van der Waals surface area contributed by atoms with Gasteiger partial charge in [0.05, 0.1) is 17.9 Å². The van der Waals surface area contributed by atoms with Crippen LogP contribution in [-0.2, 0) is 19.9 Å². The fourth-order valence-electron chi connectivity index (χ4n) is 4.76. The molecule has 2 saturated heterocycles. The van der Waals surface area contributed by atoms with Crippen molar-refractivity contribution in [1.82, 2.24) is 10.2 Å².